The molecule has 21 heavy (non-hydrogen) atoms. The second kappa shape index (κ2) is 8.77. The molecule has 2 nitrogen and oxygen atoms in total. The first-order valence-corrected chi connectivity index (χ1v) is 8.55. The maximum absolute atomic E-state index is 6.34. The van der Waals surface area contributed by atoms with Crippen LogP contribution >= 0.6 is 11.6 Å². The zero-order valence-electron chi connectivity index (χ0n) is 14.1. The number of halogens is 1. The zero-order chi connectivity index (χ0) is 15.9. The van der Waals surface area contributed by atoms with Crippen LogP contribution in [0.15, 0.2) is 18.2 Å². The smallest absolute Gasteiger partial charge is 0.0870 e. The quantitative estimate of drug-likeness (QED) is 0.669. The van der Waals surface area contributed by atoms with E-state index in [0.717, 1.165) is 43.0 Å². The molecule has 0 heterocycles. The van der Waals surface area contributed by atoms with Crippen LogP contribution in [0.4, 0.5) is 0 Å². The third kappa shape index (κ3) is 4.45. The van der Waals surface area contributed by atoms with Gasteiger partial charge in [0.2, 0.25) is 0 Å². The lowest BCUT2D eigenvalue weighted by Gasteiger charge is -2.40. The van der Waals surface area contributed by atoms with Crippen molar-refractivity contribution in [3.8, 4) is 0 Å². The molecule has 3 heteroatoms. The van der Waals surface area contributed by atoms with Crippen molar-refractivity contribution in [3.63, 3.8) is 0 Å². The van der Waals surface area contributed by atoms with Crippen LogP contribution < -0.4 is 5.32 Å². The van der Waals surface area contributed by atoms with Gasteiger partial charge in [-0.15, -0.1) is 0 Å². The Morgan fingerprint density at radius 3 is 2.33 bits per heavy atom. The van der Waals surface area contributed by atoms with Gasteiger partial charge in [0.25, 0.3) is 0 Å². The topological polar surface area (TPSA) is 21.3 Å². The second-order valence-corrected chi connectivity index (χ2v) is 6.01. The lowest BCUT2D eigenvalue weighted by atomic mass is 9.83. The summed E-state index contributed by atoms with van der Waals surface area (Å²) in [4.78, 5) is 0. The average molecular weight is 312 g/mol. The molecule has 0 aliphatic heterocycles. The summed E-state index contributed by atoms with van der Waals surface area (Å²) in [5.41, 5.74) is 2.16. The van der Waals surface area contributed by atoms with E-state index in [0.29, 0.717) is 0 Å². The Hall–Kier alpha value is -0.570. The summed E-state index contributed by atoms with van der Waals surface area (Å²) in [5.74, 6) is 0. The van der Waals surface area contributed by atoms with E-state index in [2.05, 4.69) is 51.2 Å². The first-order valence-electron chi connectivity index (χ1n) is 8.17. The third-order valence-corrected chi connectivity index (χ3v) is 4.69. The first-order chi connectivity index (χ1) is 10.0. The number of hydrogen-bond acceptors (Lipinski definition) is 2. The summed E-state index contributed by atoms with van der Waals surface area (Å²) in [6.07, 6.45) is 3.06. The average Bonchev–Trinajstić information content (AvgIpc) is 2.49. The van der Waals surface area contributed by atoms with Crippen LogP contribution in [-0.4, -0.2) is 18.8 Å². The normalized spacial score (nSPS) is 13.4. The van der Waals surface area contributed by atoms with Crippen LogP contribution in [0, 0.1) is 6.92 Å². The number of aryl methyl sites for hydroxylation is 1. The van der Waals surface area contributed by atoms with Crippen LogP contribution in [0.2, 0.25) is 5.02 Å². The predicted molar refractivity (Wildman–Crippen MR) is 92.2 cm³/mol. The van der Waals surface area contributed by atoms with Crippen molar-refractivity contribution in [3.05, 3.63) is 34.3 Å². The molecule has 1 atom stereocenters. The minimum Gasteiger partial charge on any atom is -0.373 e. The van der Waals surface area contributed by atoms with Gasteiger partial charge in [-0.3, -0.25) is 0 Å². The summed E-state index contributed by atoms with van der Waals surface area (Å²) >= 11 is 6.34. The molecule has 0 spiro atoms. The summed E-state index contributed by atoms with van der Waals surface area (Å²) in [5, 5.41) is 4.50. The zero-order valence-corrected chi connectivity index (χ0v) is 14.9. The third-order valence-electron chi connectivity index (χ3n) is 4.28. The molecule has 0 aliphatic rings. The van der Waals surface area contributed by atoms with Gasteiger partial charge in [0.05, 0.1) is 11.6 Å². The number of rotatable bonds is 9. The SMILES string of the molecule is CCCNC(c1ccc(C)c(Cl)c1)C(CC)(CC)OCC. The maximum atomic E-state index is 6.34. The maximum Gasteiger partial charge on any atom is 0.0870 e. The molecule has 1 unspecified atom stereocenters. The molecule has 0 bridgehead atoms. The minimum atomic E-state index is -0.178. The van der Waals surface area contributed by atoms with Gasteiger partial charge in [0, 0.05) is 11.6 Å². The highest BCUT2D eigenvalue weighted by Crippen LogP contribution is 2.36. The predicted octanol–water partition coefficient (Wildman–Crippen LogP) is 5.28. The summed E-state index contributed by atoms with van der Waals surface area (Å²) < 4.78 is 6.21. The van der Waals surface area contributed by atoms with Gasteiger partial charge in [0.15, 0.2) is 0 Å². The van der Waals surface area contributed by atoms with Crippen molar-refractivity contribution in [1.82, 2.24) is 5.32 Å². The lowest BCUT2D eigenvalue weighted by molar-refractivity contribution is -0.0732. The van der Waals surface area contributed by atoms with E-state index in [1.54, 1.807) is 0 Å². The highest BCUT2D eigenvalue weighted by Gasteiger charge is 2.37. The monoisotopic (exact) mass is 311 g/mol. The Balaban J connectivity index is 3.21. The number of ether oxygens (including phenoxy) is 1. The molecule has 1 aromatic rings. The van der Waals surface area contributed by atoms with Gasteiger partial charge < -0.3 is 10.1 Å². The summed E-state index contributed by atoms with van der Waals surface area (Å²) in [7, 11) is 0. The fourth-order valence-corrected chi connectivity index (χ4v) is 3.11. The fourth-order valence-electron chi connectivity index (χ4n) is 2.92. The molecular weight excluding hydrogens is 282 g/mol. The highest BCUT2D eigenvalue weighted by atomic mass is 35.5. The van der Waals surface area contributed by atoms with Crippen molar-refractivity contribution >= 4 is 11.6 Å². The Bertz CT molecular complexity index is 429. The molecule has 0 aliphatic carbocycles. The van der Waals surface area contributed by atoms with Crippen molar-refractivity contribution < 1.29 is 4.74 Å². The molecule has 120 valence electrons. The van der Waals surface area contributed by atoms with E-state index in [1.165, 1.54) is 5.56 Å². The molecule has 0 fully saturated rings. The Labute approximate surface area is 135 Å². The van der Waals surface area contributed by atoms with E-state index in [-0.39, 0.29) is 11.6 Å². The molecule has 0 saturated carbocycles. The second-order valence-electron chi connectivity index (χ2n) is 5.60. The van der Waals surface area contributed by atoms with Gasteiger partial charge in [-0.1, -0.05) is 44.5 Å². The van der Waals surface area contributed by atoms with Crippen molar-refractivity contribution in [2.75, 3.05) is 13.2 Å². The number of nitrogens with one attached hydrogen (secondary N) is 1. The molecule has 1 rings (SSSR count). The number of hydrogen-bond donors (Lipinski definition) is 1. The van der Waals surface area contributed by atoms with Gasteiger partial charge in [0.1, 0.15) is 0 Å². The Morgan fingerprint density at radius 2 is 1.86 bits per heavy atom. The van der Waals surface area contributed by atoms with Crippen LogP contribution in [0.5, 0.6) is 0 Å². The Morgan fingerprint density at radius 1 is 1.19 bits per heavy atom. The van der Waals surface area contributed by atoms with Crippen LogP contribution in [0.25, 0.3) is 0 Å². The molecular formula is C18H30ClNO. The van der Waals surface area contributed by atoms with Gasteiger partial charge >= 0.3 is 0 Å². The minimum absolute atomic E-state index is 0.172. The van der Waals surface area contributed by atoms with E-state index in [4.69, 9.17) is 16.3 Å². The van der Waals surface area contributed by atoms with Gasteiger partial charge in [-0.25, -0.2) is 0 Å². The number of benzene rings is 1. The fraction of sp³-hybridized carbons (Fsp3) is 0.667. The highest BCUT2D eigenvalue weighted by molar-refractivity contribution is 6.31. The van der Waals surface area contributed by atoms with Gasteiger partial charge in [-0.05, 0) is 56.8 Å². The van der Waals surface area contributed by atoms with Crippen molar-refractivity contribution in [2.45, 2.75) is 65.5 Å². The first kappa shape index (κ1) is 18.5. The van der Waals surface area contributed by atoms with E-state index in [9.17, 15) is 0 Å². The molecule has 0 radical (unpaired) electrons. The van der Waals surface area contributed by atoms with Crippen molar-refractivity contribution in [2.24, 2.45) is 0 Å². The molecule has 0 saturated heterocycles. The summed E-state index contributed by atoms with van der Waals surface area (Å²) in [6.45, 7) is 12.4. The van der Waals surface area contributed by atoms with E-state index >= 15 is 0 Å². The van der Waals surface area contributed by atoms with Crippen LogP contribution in [0.3, 0.4) is 0 Å². The summed E-state index contributed by atoms with van der Waals surface area (Å²) in [6, 6.07) is 6.53. The lowest BCUT2D eigenvalue weighted by Crippen LogP contribution is -2.45. The van der Waals surface area contributed by atoms with Crippen molar-refractivity contribution in [1.29, 1.82) is 0 Å². The molecule has 1 aromatic carbocycles. The standard InChI is InChI=1S/C18H30ClNO/c1-6-12-20-17(18(7-2,8-3)21-9-4)15-11-10-14(5)16(19)13-15/h10-11,13,17,20H,6-9,12H2,1-5H3. The van der Waals surface area contributed by atoms with Gasteiger partial charge in [-0.2, -0.15) is 0 Å². The molecule has 0 amide bonds. The van der Waals surface area contributed by atoms with Crippen LogP contribution in [0.1, 0.15) is 64.1 Å². The molecule has 1 N–H and O–H groups in total. The van der Waals surface area contributed by atoms with E-state index < -0.39 is 0 Å². The van der Waals surface area contributed by atoms with E-state index in [1.807, 2.05) is 6.92 Å². The van der Waals surface area contributed by atoms with Crippen LogP contribution in [-0.2, 0) is 4.74 Å². The largest absolute Gasteiger partial charge is 0.373 e. The molecule has 0 aromatic heterocycles. The Kier molecular flexibility index (Phi) is 7.72.